The Bertz CT molecular complexity index is 803. The first-order chi connectivity index (χ1) is 11.3. The van der Waals surface area contributed by atoms with Crippen LogP contribution >= 0.6 is 11.6 Å². The van der Waals surface area contributed by atoms with E-state index in [2.05, 4.69) is 10.0 Å². The van der Waals surface area contributed by atoms with Crippen molar-refractivity contribution in [2.24, 2.45) is 0 Å². The topological polar surface area (TPSA) is 75.3 Å². The third-order valence-electron chi connectivity index (χ3n) is 3.48. The molecule has 0 aliphatic rings. The van der Waals surface area contributed by atoms with Gasteiger partial charge >= 0.3 is 0 Å². The van der Waals surface area contributed by atoms with Gasteiger partial charge in [0.1, 0.15) is 0 Å². The molecule has 0 bridgehead atoms. The monoisotopic (exact) mass is 366 g/mol. The predicted octanol–water partition coefficient (Wildman–Crippen LogP) is 3.13. The number of benzene rings is 2. The van der Waals surface area contributed by atoms with Crippen molar-refractivity contribution in [2.75, 3.05) is 6.54 Å². The Balaban J connectivity index is 2.09. The summed E-state index contributed by atoms with van der Waals surface area (Å²) in [6, 6.07) is 12.8. The highest BCUT2D eigenvalue weighted by Crippen LogP contribution is 2.17. The third kappa shape index (κ3) is 4.56. The molecule has 0 radical (unpaired) electrons. The van der Waals surface area contributed by atoms with Gasteiger partial charge in [-0.3, -0.25) is 4.79 Å². The van der Waals surface area contributed by atoms with Gasteiger partial charge in [-0.15, -0.1) is 0 Å². The second-order valence-corrected chi connectivity index (χ2v) is 7.48. The van der Waals surface area contributed by atoms with Gasteiger partial charge in [0.2, 0.25) is 10.0 Å². The summed E-state index contributed by atoms with van der Waals surface area (Å²) in [7, 11) is -3.52. The van der Waals surface area contributed by atoms with Crippen LogP contribution in [0.5, 0.6) is 0 Å². The predicted molar refractivity (Wildman–Crippen MR) is 94.6 cm³/mol. The molecule has 0 spiro atoms. The summed E-state index contributed by atoms with van der Waals surface area (Å²) in [4.78, 5) is 12.4. The first-order valence-electron chi connectivity index (χ1n) is 7.49. The minimum atomic E-state index is -3.52. The zero-order valence-corrected chi connectivity index (χ0v) is 15.0. The quantitative estimate of drug-likeness (QED) is 0.824. The number of carbonyl (C=O) groups excluding carboxylic acids is 1. The molecule has 2 N–H and O–H groups in total. The summed E-state index contributed by atoms with van der Waals surface area (Å²) in [6.07, 6.45) is 0. The molecule has 0 aromatic heterocycles. The summed E-state index contributed by atoms with van der Waals surface area (Å²) in [5, 5.41) is 3.50. The van der Waals surface area contributed by atoms with Crippen LogP contribution in [0.2, 0.25) is 5.02 Å². The van der Waals surface area contributed by atoms with Crippen LogP contribution in [0.1, 0.15) is 35.8 Å². The molecule has 7 heteroatoms. The third-order valence-corrected chi connectivity index (χ3v) is 5.29. The van der Waals surface area contributed by atoms with E-state index in [1.54, 1.807) is 19.1 Å². The molecule has 2 aromatic rings. The number of sulfonamides is 1. The second kappa shape index (κ2) is 7.79. The molecule has 0 heterocycles. The van der Waals surface area contributed by atoms with Gasteiger partial charge in [0.15, 0.2) is 0 Å². The molecular weight excluding hydrogens is 348 g/mol. The fraction of sp³-hybridized carbons (Fsp3) is 0.235. The maximum atomic E-state index is 12.3. The smallest absolute Gasteiger partial charge is 0.251 e. The van der Waals surface area contributed by atoms with E-state index in [9.17, 15) is 13.2 Å². The zero-order valence-electron chi connectivity index (χ0n) is 13.4. The van der Waals surface area contributed by atoms with E-state index in [1.807, 2.05) is 19.1 Å². The molecular formula is C17H19ClN2O3S. The van der Waals surface area contributed by atoms with Gasteiger partial charge in [-0.05, 0) is 48.9 Å². The minimum absolute atomic E-state index is 0.131. The van der Waals surface area contributed by atoms with E-state index in [4.69, 9.17) is 11.6 Å². The Hall–Kier alpha value is -1.89. The molecule has 5 nitrogen and oxygen atoms in total. The van der Waals surface area contributed by atoms with Gasteiger partial charge in [0, 0.05) is 17.1 Å². The number of hydrogen-bond donors (Lipinski definition) is 2. The Morgan fingerprint density at radius 2 is 1.67 bits per heavy atom. The molecule has 2 aromatic carbocycles. The van der Waals surface area contributed by atoms with Crippen LogP contribution in [0.25, 0.3) is 0 Å². The lowest BCUT2D eigenvalue weighted by atomic mass is 10.1. The molecule has 128 valence electrons. The first-order valence-corrected chi connectivity index (χ1v) is 9.35. The summed E-state index contributed by atoms with van der Waals surface area (Å²) in [5.74, 6) is -0.273. The number of carbonyl (C=O) groups is 1. The van der Waals surface area contributed by atoms with Crippen LogP contribution in [-0.4, -0.2) is 20.9 Å². The van der Waals surface area contributed by atoms with Gasteiger partial charge in [0.05, 0.1) is 10.9 Å². The highest BCUT2D eigenvalue weighted by atomic mass is 35.5. The lowest BCUT2D eigenvalue weighted by Gasteiger charge is -2.14. The van der Waals surface area contributed by atoms with Crippen LogP contribution in [0.3, 0.4) is 0 Å². The molecule has 0 saturated carbocycles. The number of halogens is 1. The molecule has 2 rings (SSSR count). The van der Waals surface area contributed by atoms with Crippen molar-refractivity contribution in [1.29, 1.82) is 0 Å². The Kier molecular flexibility index (Phi) is 5.99. The summed E-state index contributed by atoms with van der Waals surface area (Å²) in [5.41, 5.74) is 1.32. The van der Waals surface area contributed by atoms with Gasteiger partial charge in [-0.2, -0.15) is 0 Å². The van der Waals surface area contributed by atoms with Gasteiger partial charge in [-0.25, -0.2) is 13.1 Å². The molecule has 0 aliphatic heterocycles. The van der Waals surface area contributed by atoms with Gasteiger partial charge in [-0.1, -0.05) is 30.7 Å². The summed E-state index contributed by atoms with van der Waals surface area (Å²) < 4.78 is 26.2. The summed E-state index contributed by atoms with van der Waals surface area (Å²) in [6.45, 7) is 3.88. The second-order valence-electron chi connectivity index (χ2n) is 5.27. The average Bonchev–Trinajstić information content (AvgIpc) is 2.55. The Labute approximate surface area is 147 Å². The van der Waals surface area contributed by atoms with Crippen molar-refractivity contribution in [3.05, 3.63) is 64.7 Å². The maximum absolute atomic E-state index is 12.3. The van der Waals surface area contributed by atoms with E-state index < -0.39 is 10.0 Å². The number of hydrogen-bond acceptors (Lipinski definition) is 3. The molecule has 0 saturated heterocycles. The zero-order chi connectivity index (χ0) is 17.7. The van der Waals surface area contributed by atoms with E-state index in [0.717, 1.165) is 5.56 Å². The molecule has 1 atom stereocenters. The maximum Gasteiger partial charge on any atom is 0.251 e. The highest BCUT2D eigenvalue weighted by Gasteiger charge is 2.15. The Morgan fingerprint density at radius 1 is 1.08 bits per heavy atom. The van der Waals surface area contributed by atoms with E-state index in [1.165, 1.54) is 24.3 Å². The highest BCUT2D eigenvalue weighted by molar-refractivity contribution is 7.89. The summed E-state index contributed by atoms with van der Waals surface area (Å²) >= 11 is 5.85. The largest absolute Gasteiger partial charge is 0.346 e. The van der Waals surface area contributed by atoms with Crippen molar-refractivity contribution in [3.8, 4) is 0 Å². The van der Waals surface area contributed by atoms with Crippen molar-refractivity contribution in [2.45, 2.75) is 24.8 Å². The van der Waals surface area contributed by atoms with Gasteiger partial charge < -0.3 is 5.32 Å². The fourth-order valence-corrected chi connectivity index (χ4v) is 3.34. The van der Waals surface area contributed by atoms with Crippen LogP contribution in [0.15, 0.2) is 53.4 Å². The fourth-order valence-electron chi connectivity index (χ4n) is 2.17. The average molecular weight is 367 g/mol. The van der Waals surface area contributed by atoms with Crippen molar-refractivity contribution in [3.63, 3.8) is 0 Å². The van der Waals surface area contributed by atoms with Crippen LogP contribution < -0.4 is 10.0 Å². The number of amides is 1. The Morgan fingerprint density at radius 3 is 2.21 bits per heavy atom. The van der Waals surface area contributed by atoms with Crippen molar-refractivity contribution in [1.82, 2.24) is 10.0 Å². The lowest BCUT2D eigenvalue weighted by Crippen LogP contribution is -2.27. The van der Waals surface area contributed by atoms with Crippen LogP contribution in [0, 0.1) is 0 Å². The van der Waals surface area contributed by atoms with Crippen molar-refractivity contribution >= 4 is 27.5 Å². The number of nitrogens with one attached hydrogen (secondary N) is 2. The van der Waals surface area contributed by atoms with Gasteiger partial charge in [0.25, 0.3) is 5.91 Å². The minimum Gasteiger partial charge on any atom is -0.346 e. The first kappa shape index (κ1) is 18.4. The number of rotatable bonds is 6. The molecule has 1 unspecified atom stereocenters. The SMILES string of the molecule is CCNS(=O)(=O)c1ccc(C(=O)NC(C)c2ccc(Cl)cc2)cc1. The molecule has 0 aliphatic carbocycles. The van der Waals surface area contributed by atoms with E-state index >= 15 is 0 Å². The standard InChI is InChI=1S/C17H19ClN2O3S/c1-3-19-24(22,23)16-10-6-14(7-11-16)17(21)20-12(2)13-4-8-15(18)9-5-13/h4-12,19H,3H2,1-2H3,(H,20,21). The van der Waals surface area contributed by atoms with E-state index in [0.29, 0.717) is 17.1 Å². The van der Waals surface area contributed by atoms with Crippen LogP contribution in [-0.2, 0) is 10.0 Å². The lowest BCUT2D eigenvalue weighted by molar-refractivity contribution is 0.0940. The molecule has 1 amide bonds. The molecule has 0 fully saturated rings. The van der Waals surface area contributed by atoms with E-state index in [-0.39, 0.29) is 16.8 Å². The van der Waals surface area contributed by atoms with Crippen molar-refractivity contribution < 1.29 is 13.2 Å². The molecule has 24 heavy (non-hydrogen) atoms. The normalized spacial score (nSPS) is 12.6. The van der Waals surface area contributed by atoms with Crippen LogP contribution in [0.4, 0.5) is 0 Å².